The van der Waals surface area contributed by atoms with Crippen LogP contribution < -0.4 is 4.90 Å². The van der Waals surface area contributed by atoms with E-state index >= 15 is 0 Å². The first-order chi connectivity index (χ1) is 10.1. The number of likely N-dealkylation sites (tertiary alicyclic amines) is 1. The average Bonchev–Trinajstić information content (AvgIpc) is 2.96. The van der Waals surface area contributed by atoms with Gasteiger partial charge in [0.15, 0.2) is 0 Å². The van der Waals surface area contributed by atoms with Crippen LogP contribution in [-0.2, 0) is 4.79 Å². The Morgan fingerprint density at radius 3 is 2.81 bits per heavy atom. The smallest absolute Gasteiger partial charge is 0.328 e. The molecule has 0 spiro atoms. The molecule has 1 saturated heterocycles. The van der Waals surface area contributed by atoms with Crippen LogP contribution in [-0.4, -0.2) is 54.2 Å². The highest BCUT2D eigenvalue weighted by Gasteiger charge is 2.13. The molecular weight excluding hydrogens is 266 g/mol. The normalized spacial score (nSPS) is 15.7. The molecule has 21 heavy (non-hydrogen) atoms. The first kappa shape index (κ1) is 15.5. The van der Waals surface area contributed by atoms with Crippen molar-refractivity contribution in [1.82, 2.24) is 9.88 Å². The fraction of sp³-hybridized carbons (Fsp3) is 0.500. The highest BCUT2D eigenvalue weighted by molar-refractivity contribution is 5.85. The Balaban J connectivity index is 1.96. The molecule has 0 saturated carbocycles. The molecule has 0 radical (unpaired) electrons. The fourth-order valence-corrected chi connectivity index (χ4v) is 2.65. The van der Waals surface area contributed by atoms with Gasteiger partial charge in [-0.15, -0.1) is 0 Å². The van der Waals surface area contributed by atoms with Crippen LogP contribution in [0.3, 0.4) is 0 Å². The van der Waals surface area contributed by atoms with Crippen LogP contribution in [0.4, 0.5) is 5.82 Å². The molecule has 0 aliphatic carbocycles. The van der Waals surface area contributed by atoms with E-state index in [1.54, 1.807) is 12.3 Å². The van der Waals surface area contributed by atoms with Gasteiger partial charge < -0.3 is 14.9 Å². The Labute approximate surface area is 125 Å². The number of aromatic nitrogens is 1. The minimum atomic E-state index is -0.945. The molecular formula is C16H23N3O2. The highest BCUT2D eigenvalue weighted by Crippen LogP contribution is 2.17. The number of pyridine rings is 1. The minimum Gasteiger partial charge on any atom is -0.478 e. The van der Waals surface area contributed by atoms with Crippen molar-refractivity contribution >= 4 is 17.9 Å². The molecule has 5 heteroatoms. The second kappa shape index (κ2) is 7.22. The molecule has 0 bridgehead atoms. The number of likely N-dealkylation sites (N-methyl/N-ethyl adjacent to an activating group) is 1. The second-order valence-corrected chi connectivity index (χ2v) is 5.55. The number of aliphatic carboxylic acids is 1. The van der Waals surface area contributed by atoms with E-state index in [1.807, 2.05) is 13.0 Å². The van der Waals surface area contributed by atoms with E-state index < -0.39 is 5.97 Å². The zero-order valence-electron chi connectivity index (χ0n) is 12.7. The van der Waals surface area contributed by atoms with Gasteiger partial charge in [0.05, 0.1) is 0 Å². The van der Waals surface area contributed by atoms with Crippen molar-refractivity contribution in [3.8, 4) is 0 Å². The zero-order chi connectivity index (χ0) is 15.2. The monoisotopic (exact) mass is 289 g/mol. The van der Waals surface area contributed by atoms with Gasteiger partial charge in [0.25, 0.3) is 0 Å². The van der Waals surface area contributed by atoms with Crippen molar-refractivity contribution in [2.75, 3.05) is 38.1 Å². The molecule has 1 aliphatic heterocycles. The van der Waals surface area contributed by atoms with Crippen LogP contribution in [0.2, 0.25) is 0 Å². The van der Waals surface area contributed by atoms with Crippen molar-refractivity contribution < 1.29 is 9.90 Å². The van der Waals surface area contributed by atoms with E-state index in [0.717, 1.165) is 36.1 Å². The maximum Gasteiger partial charge on any atom is 0.328 e. The molecule has 114 valence electrons. The molecule has 0 aromatic carbocycles. The molecule has 0 unspecified atom stereocenters. The van der Waals surface area contributed by atoms with E-state index in [2.05, 4.69) is 21.8 Å². The molecule has 1 aromatic rings. The first-order valence-electron chi connectivity index (χ1n) is 7.37. The summed E-state index contributed by atoms with van der Waals surface area (Å²) in [5.74, 6) is 0.0149. The lowest BCUT2D eigenvalue weighted by atomic mass is 10.2. The summed E-state index contributed by atoms with van der Waals surface area (Å²) >= 11 is 0. The Hall–Kier alpha value is -1.88. The van der Waals surface area contributed by atoms with Crippen molar-refractivity contribution in [2.24, 2.45) is 0 Å². The maximum absolute atomic E-state index is 10.5. The summed E-state index contributed by atoms with van der Waals surface area (Å²) in [6.45, 7) is 6.45. The van der Waals surface area contributed by atoms with Gasteiger partial charge in [0.1, 0.15) is 5.82 Å². The van der Waals surface area contributed by atoms with Gasteiger partial charge in [-0.3, -0.25) is 0 Å². The third-order valence-corrected chi connectivity index (χ3v) is 3.80. The van der Waals surface area contributed by atoms with Crippen molar-refractivity contribution in [3.05, 3.63) is 29.5 Å². The van der Waals surface area contributed by atoms with Crippen molar-refractivity contribution in [1.29, 1.82) is 0 Å². The summed E-state index contributed by atoms with van der Waals surface area (Å²) in [7, 11) is 2.05. The van der Waals surface area contributed by atoms with E-state index in [9.17, 15) is 4.79 Å². The topological polar surface area (TPSA) is 56.7 Å². The third-order valence-electron chi connectivity index (χ3n) is 3.80. The summed E-state index contributed by atoms with van der Waals surface area (Å²) in [6, 6.07) is 1.97. The van der Waals surface area contributed by atoms with Crippen molar-refractivity contribution in [2.45, 2.75) is 19.8 Å². The van der Waals surface area contributed by atoms with Crippen LogP contribution >= 0.6 is 0 Å². The van der Waals surface area contributed by atoms with Gasteiger partial charge in [-0.05, 0) is 56.1 Å². The highest BCUT2D eigenvalue weighted by atomic mass is 16.4. The molecule has 2 rings (SSSR count). The van der Waals surface area contributed by atoms with E-state index in [-0.39, 0.29) is 0 Å². The molecule has 2 heterocycles. The summed E-state index contributed by atoms with van der Waals surface area (Å²) in [6.07, 6.45) is 7.04. The van der Waals surface area contributed by atoms with E-state index in [1.165, 1.54) is 25.9 Å². The van der Waals surface area contributed by atoms with Gasteiger partial charge in [0.2, 0.25) is 0 Å². The largest absolute Gasteiger partial charge is 0.478 e. The summed E-state index contributed by atoms with van der Waals surface area (Å²) in [4.78, 5) is 19.6. The molecule has 0 atom stereocenters. The quantitative estimate of drug-likeness (QED) is 0.812. The number of carbonyl (C=O) groups is 1. The summed E-state index contributed by atoms with van der Waals surface area (Å²) < 4.78 is 0. The Bertz CT molecular complexity index is 522. The van der Waals surface area contributed by atoms with Crippen LogP contribution in [0.25, 0.3) is 6.08 Å². The Morgan fingerprint density at radius 2 is 2.19 bits per heavy atom. The van der Waals surface area contributed by atoms with Gasteiger partial charge >= 0.3 is 5.97 Å². The first-order valence-corrected chi connectivity index (χ1v) is 7.37. The fourth-order valence-electron chi connectivity index (χ4n) is 2.65. The number of hydrogen-bond acceptors (Lipinski definition) is 4. The lowest BCUT2D eigenvalue weighted by Gasteiger charge is -2.23. The standard InChI is InChI=1S/C16H23N3O2/c1-13-11-14(5-6-15(20)21)12-17-16(13)18(2)9-10-19-7-3-4-8-19/h5-6,11-12H,3-4,7-10H2,1-2H3,(H,20,21)/b6-5+. The third kappa shape index (κ3) is 4.56. The Kier molecular flexibility index (Phi) is 5.33. The van der Waals surface area contributed by atoms with Crippen LogP contribution in [0.1, 0.15) is 24.0 Å². The number of carboxylic acids is 1. The average molecular weight is 289 g/mol. The molecule has 1 aromatic heterocycles. The lowest BCUT2D eigenvalue weighted by molar-refractivity contribution is -0.131. The van der Waals surface area contributed by atoms with Crippen LogP contribution in [0, 0.1) is 6.92 Å². The van der Waals surface area contributed by atoms with Gasteiger partial charge in [-0.1, -0.05) is 0 Å². The zero-order valence-corrected chi connectivity index (χ0v) is 12.7. The second-order valence-electron chi connectivity index (χ2n) is 5.55. The Morgan fingerprint density at radius 1 is 1.48 bits per heavy atom. The van der Waals surface area contributed by atoms with E-state index in [4.69, 9.17) is 5.11 Å². The van der Waals surface area contributed by atoms with Crippen LogP contribution in [0.5, 0.6) is 0 Å². The SMILES string of the molecule is Cc1cc(/C=C/C(=O)O)cnc1N(C)CCN1CCCC1. The summed E-state index contributed by atoms with van der Waals surface area (Å²) in [5.41, 5.74) is 1.87. The number of anilines is 1. The predicted molar refractivity (Wildman–Crippen MR) is 84.6 cm³/mol. The van der Waals surface area contributed by atoms with Gasteiger partial charge in [-0.25, -0.2) is 9.78 Å². The number of nitrogens with zero attached hydrogens (tertiary/aromatic N) is 3. The minimum absolute atomic E-state index is 0.812. The molecule has 0 amide bonds. The van der Waals surface area contributed by atoms with Crippen LogP contribution in [0.15, 0.2) is 18.3 Å². The molecule has 1 fully saturated rings. The number of rotatable bonds is 6. The van der Waals surface area contributed by atoms with Crippen molar-refractivity contribution in [3.63, 3.8) is 0 Å². The predicted octanol–water partition coefficient (Wildman–Crippen LogP) is 2.02. The maximum atomic E-state index is 10.5. The van der Waals surface area contributed by atoms with Gasteiger partial charge in [-0.2, -0.15) is 0 Å². The summed E-state index contributed by atoms with van der Waals surface area (Å²) in [5, 5.41) is 8.64. The molecule has 1 N–H and O–H groups in total. The number of aryl methyl sites for hydroxylation is 1. The lowest BCUT2D eigenvalue weighted by Crippen LogP contribution is -2.32. The molecule has 1 aliphatic rings. The number of hydrogen-bond donors (Lipinski definition) is 1. The van der Waals surface area contributed by atoms with Gasteiger partial charge in [0, 0.05) is 32.4 Å². The number of carboxylic acid groups (broad SMARTS) is 1. The molecule has 5 nitrogen and oxygen atoms in total. The van der Waals surface area contributed by atoms with E-state index in [0.29, 0.717) is 0 Å².